The Bertz CT molecular complexity index is 1350. The Labute approximate surface area is 199 Å². The second-order valence-electron chi connectivity index (χ2n) is 7.71. The molecule has 0 unspecified atom stereocenters. The molecular weight excluding hydrogens is 451 g/mol. The van der Waals surface area contributed by atoms with Crippen molar-refractivity contribution in [2.45, 2.75) is 12.0 Å². The van der Waals surface area contributed by atoms with Gasteiger partial charge in [0, 0.05) is 23.2 Å². The third-order valence-electron chi connectivity index (χ3n) is 5.40. The maximum Gasteiger partial charge on any atom is 0.405 e. The van der Waals surface area contributed by atoms with E-state index < -0.39 is 35.3 Å². The van der Waals surface area contributed by atoms with E-state index in [1.54, 1.807) is 24.3 Å². The van der Waals surface area contributed by atoms with Gasteiger partial charge in [-0.05, 0) is 29.3 Å². The Morgan fingerprint density at radius 3 is 2.09 bits per heavy atom. The van der Waals surface area contributed by atoms with Crippen LogP contribution in [0, 0.1) is 5.82 Å². The van der Waals surface area contributed by atoms with Gasteiger partial charge in [-0.1, -0.05) is 60.7 Å². The van der Waals surface area contributed by atoms with Crippen LogP contribution in [0.4, 0.5) is 14.9 Å². The van der Waals surface area contributed by atoms with E-state index >= 15 is 0 Å². The molecule has 1 aromatic heterocycles. The molecule has 1 atom stereocenters. The number of nitrogens with zero attached hydrogens (tertiary/aromatic N) is 1. The minimum atomic E-state index is -1.37. The maximum absolute atomic E-state index is 14.8. The summed E-state index contributed by atoms with van der Waals surface area (Å²) in [5.74, 6) is -2.00. The van der Waals surface area contributed by atoms with Crippen molar-refractivity contribution >= 4 is 17.7 Å². The molecule has 0 fully saturated rings. The molecule has 35 heavy (non-hydrogen) atoms. The van der Waals surface area contributed by atoms with E-state index in [-0.39, 0.29) is 16.9 Å². The zero-order valence-corrected chi connectivity index (χ0v) is 18.3. The summed E-state index contributed by atoms with van der Waals surface area (Å²) < 4.78 is 14.8. The molecule has 176 valence electrons. The molecule has 0 saturated heterocycles. The molecule has 8 nitrogen and oxygen atoms in total. The molecule has 0 spiro atoms. The van der Waals surface area contributed by atoms with Gasteiger partial charge in [0.1, 0.15) is 11.9 Å². The first-order valence-corrected chi connectivity index (χ1v) is 10.7. The van der Waals surface area contributed by atoms with Crippen molar-refractivity contribution in [1.82, 2.24) is 15.3 Å². The van der Waals surface area contributed by atoms with Gasteiger partial charge in [0.25, 0.3) is 5.56 Å². The second-order valence-corrected chi connectivity index (χ2v) is 7.71. The molecule has 0 radical (unpaired) electrons. The summed E-state index contributed by atoms with van der Waals surface area (Å²) in [5.41, 5.74) is 1.38. The van der Waals surface area contributed by atoms with Crippen LogP contribution < -0.4 is 16.2 Å². The van der Waals surface area contributed by atoms with Gasteiger partial charge in [0.2, 0.25) is 5.91 Å². The van der Waals surface area contributed by atoms with Crippen LogP contribution in [-0.2, 0) is 4.79 Å². The van der Waals surface area contributed by atoms with E-state index in [1.165, 1.54) is 18.5 Å². The number of amides is 2. The Morgan fingerprint density at radius 2 is 1.54 bits per heavy atom. The molecule has 2 amide bonds. The number of carbonyl (C=O) groups excluding carboxylic acids is 1. The zero-order chi connectivity index (χ0) is 24.8. The molecule has 3 aromatic carbocycles. The number of aromatic amines is 1. The third kappa shape index (κ3) is 5.59. The smallest absolute Gasteiger partial charge is 0.405 e. The number of carboxylic acid groups (broad SMARTS) is 1. The number of hydrogen-bond acceptors (Lipinski definition) is 4. The lowest BCUT2D eigenvalue weighted by Gasteiger charge is -2.27. The molecule has 0 saturated carbocycles. The quantitative estimate of drug-likeness (QED) is 0.324. The summed E-state index contributed by atoms with van der Waals surface area (Å²) in [6.07, 6.45) is -0.202. The average Bonchev–Trinajstić information content (AvgIpc) is 2.85. The maximum atomic E-state index is 14.8. The van der Waals surface area contributed by atoms with E-state index in [4.69, 9.17) is 0 Å². The van der Waals surface area contributed by atoms with Crippen molar-refractivity contribution in [1.29, 1.82) is 0 Å². The number of rotatable bonds is 7. The molecule has 4 aromatic rings. The van der Waals surface area contributed by atoms with Crippen LogP contribution in [0.25, 0.3) is 11.3 Å². The van der Waals surface area contributed by atoms with Crippen LogP contribution in [0.15, 0.2) is 96.1 Å². The molecule has 9 heteroatoms. The third-order valence-corrected chi connectivity index (χ3v) is 5.40. The molecule has 0 aliphatic rings. The molecule has 0 bridgehead atoms. The van der Waals surface area contributed by atoms with Crippen molar-refractivity contribution in [3.05, 3.63) is 119 Å². The molecule has 0 aliphatic carbocycles. The summed E-state index contributed by atoms with van der Waals surface area (Å²) in [6, 6.07) is 22.0. The van der Waals surface area contributed by atoms with Crippen LogP contribution in [0.3, 0.4) is 0 Å². The first kappa shape index (κ1) is 23.4. The van der Waals surface area contributed by atoms with Gasteiger partial charge in [-0.3, -0.25) is 9.59 Å². The normalized spacial score (nSPS) is 11.6. The van der Waals surface area contributed by atoms with Crippen molar-refractivity contribution in [2.24, 2.45) is 0 Å². The second kappa shape index (κ2) is 10.4. The highest BCUT2D eigenvalue weighted by Crippen LogP contribution is 2.29. The van der Waals surface area contributed by atoms with Crippen molar-refractivity contribution in [2.75, 3.05) is 5.32 Å². The lowest BCUT2D eigenvalue weighted by Crippen LogP contribution is -2.47. The summed E-state index contributed by atoms with van der Waals surface area (Å²) >= 11 is 0. The van der Waals surface area contributed by atoms with E-state index in [1.807, 2.05) is 36.4 Å². The van der Waals surface area contributed by atoms with Crippen molar-refractivity contribution in [3.8, 4) is 11.3 Å². The standard InChI is InChI=1S/C26H21FN4O4/c27-20-13-18(11-12-19(20)21-14-22(32)29-15-28-21)30-25(33)24(31-26(34)35)23(16-7-3-1-4-8-16)17-9-5-2-6-10-17/h1-15,23-24,31H,(H,30,33)(H,34,35)(H,28,29,32)/t24-/m0/s1. The molecular formula is C26H21FN4O4. The highest BCUT2D eigenvalue weighted by atomic mass is 19.1. The number of aromatic nitrogens is 2. The molecule has 1 heterocycles. The van der Waals surface area contributed by atoms with Crippen LogP contribution in [0.2, 0.25) is 0 Å². The number of nitrogens with one attached hydrogen (secondary N) is 3. The molecule has 4 N–H and O–H groups in total. The Balaban J connectivity index is 1.67. The topological polar surface area (TPSA) is 124 Å². The minimum Gasteiger partial charge on any atom is -0.465 e. The van der Waals surface area contributed by atoms with Crippen molar-refractivity contribution < 1.29 is 19.1 Å². The minimum absolute atomic E-state index is 0.0840. The van der Waals surface area contributed by atoms with Gasteiger partial charge in [-0.2, -0.15) is 0 Å². The Hall–Kier alpha value is -4.79. The largest absolute Gasteiger partial charge is 0.465 e. The fourth-order valence-corrected chi connectivity index (χ4v) is 3.87. The van der Waals surface area contributed by atoms with Gasteiger partial charge in [-0.15, -0.1) is 0 Å². The van der Waals surface area contributed by atoms with E-state index in [0.29, 0.717) is 0 Å². The Morgan fingerprint density at radius 1 is 0.914 bits per heavy atom. The number of benzene rings is 3. The Kier molecular flexibility index (Phi) is 6.96. The van der Waals surface area contributed by atoms with Crippen molar-refractivity contribution in [3.63, 3.8) is 0 Å². The fraction of sp³-hybridized carbons (Fsp3) is 0.0769. The zero-order valence-electron chi connectivity index (χ0n) is 18.3. The molecule has 4 rings (SSSR count). The first-order chi connectivity index (χ1) is 16.9. The molecule has 0 aliphatic heterocycles. The van der Waals surface area contributed by atoms with Gasteiger partial charge in [-0.25, -0.2) is 14.2 Å². The van der Waals surface area contributed by atoms with Gasteiger partial charge in [0.05, 0.1) is 12.0 Å². The van der Waals surface area contributed by atoms with Crippen LogP contribution >= 0.6 is 0 Å². The number of anilines is 1. The first-order valence-electron chi connectivity index (χ1n) is 10.7. The SMILES string of the molecule is O=C(O)N[C@H](C(=O)Nc1ccc(-c2cc(=O)[nH]cn2)c(F)c1)C(c1ccccc1)c1ccccc1. The number of carbonyl (C=O) groups is 2. The summed E-state index contributed by atoms with van der Waals surface area (Å²) in [5, 5.41) is 14.4. The number of halogens is 1. The van der Waals surface area contributed by atoms with Crippen LogP contribution in [0.1, 0.15) is 17.0 Å². The monoisotopic (exact) mass is 472 g/mol. The number of H-pyrrole nitrogens is 1. The fourth-order valence-electron chi connectivity index (χ4n) is 3.87. The summed E-state index contributed by atoms with van der Waals surface area (Å²) in [6.45, 7) is 0. The lowest BCUT2D eigenvalue weighted by molar-refractivity contribution is -0.118. The van der Waals surface area contributed by atoms with Gasteiger partial charge in [0.15, 0.2) is 0 Å². The van der Waals surface area contributed by atoms with E-state index in [0.717, 1.165) is 23.3 Å². The van der Waals surface area contributed by atoms with Crippen LogP contribution in [0.5, 0.6) is 0 Å². The number of hydrogen-bond donors (Lipinski definition) is 4. The van der Waals surface area contributed by atoms with E-state index in [2.05, 4.69) is 20.6 Å². The van der Waals surface area contributed by atoms with Gasteiger partial charge >= 0.3 is 6.09 Å². The lowest BCUT2D eigenvalue weighted by atomic mass is 9.84. The highest BCUT2D eigenvalue weighted by Gasteiger charge is 2.32. The predicted molar refractivity (Wildman–Crippen MR) is 129 cm³/mol. The predicted octanol–water partition coefficient (Wildman–Crippen LogP) is 3.98. The highest BCUT2D eigenvalue weighted by molar-refractivity contribution is 5.97. The van der Waals surface area contributed by atoms with Crippen LogP contribution in [-0.4, -0.2) is 33.1 Å². The van der Waals surface area contributed by atoms with E-state index in [9.17, 15) is 23.9 Å². The summed E-state index contributed by atoms with van der Waals surface area (Å²) in [7, 11) is 0. The average molecular weight is 472 g/mol. The van der Waals surface area contributed by atoms with Gasteiger partial charge < -0.3 is 20.7 Å². The summed E-state index contributed by atoms with van der Waals surface area (Å²) in [4.78, 5) is 42.8.